The maximum Gasteiger partial charge on any atom is 0.245 e. The highest BCUT2D eigenvalue weighted by atomic mass is 32.2. The van der Waals surface area contributed by atoms with Gasteiger partial charge in [-0.1, -0.05) is 42.1 Å². The average molecular weight is 246 g/mol. The lowest BCUT2D eigenvalue weighted by Gasteiger charge is -2.22. The summed E-state index contributed by atoms with van der Waals surface area (Å²) in [5.41, 5.74) is 6.77. The van der Waals surface area contributed by atoms with E-state index in [-0.39, 0.29) is 18.0 Å². The smallest absolute Gasteiger partial charge is 0.245 e. The van der Waals surface area contributed by atoms with Crippen molar-refractivity contribution in [1.29, 1.82) is 0 Å². The van der Waals surface area contributed by atoms with Gasteiger partial charge in [0.15, 0.2) is 11.3 Å². The standard InChI is InChI=1S/C11H10N4OS/c12-10-13-9(7-4-2-1-3-5-7)14-11-15(10)8(16)6-17-11/h1-5,9H,6H2,(H2,12,13). The third kappa shape index (κ3) is 1.70. The van der Waals surface area contributed by atoms with E-state index < -0.39 is 0 Å². The number of hydrogen-bond acceptors (Lipinski definition) is 5. The molecule has 0 saturated carbocycles. The van der Waals surface area contributed by atoms with Crippen LogP contribution in [0.3, 0.4) is 0 Å². The summed E-state index contributed by atoms with van der Waals surface area (Å²) in [4.78, 5) is 21.6. The Morgan fingerprint density at radius 3 is 2.82 bits per heavy atom. The van der Waals surface area contributed by atoms with Crippen LogP contribution in [0.4, 0.5) is 0 Å². The molecule has 6 heteroatoms. The van der Waals surface area contributed by atoms with Crippen LogP contribution in [0.15, 0.2) is 40.3 Å². The molecule has 1 atom stereocenters. The maximum atomic E-state index is 11.5. The molecule has 2 aliphatic heterocycles. The number of guanidine groups is 1. The maximum absolute atomic E-state index is 11.5. The van der Waals surface area contributed by atoms with Gasteiger partial charge in [0, 0.05) is 0 Å². The average Bonchev–Trinajstić information content (AvgIpc) is 2.73. The van der Waals surface area contributed by atoms with Crippen molar-refractivity contribution in [2.45, 2.75) is 6.17 Å². The normalized spacial score (nSPS) is 23.2. The number of thioether (sulfide) groups is 1. The van der Waals surface area contributed by atoms with Crippen molar-refractivity contribution in [3.8, 4) is 0 Å². The van der Waals surface area contributed by atoms with E-state index in [0.717, 1.165) is 5.56 Å². The molecule has 2 aliphatic rings. The van der Waals surface area contributed by atoms with E-state index in [1.165, 1.54) is 16.7 Å². The number of aliphatic imine (C=N–C) groups is 2. The van der Waals surface area contributed by atoms with Gasteiger partial charge < -0.3 is 5.73 Å². The van der Waals surface area contributed by atoms with Gasteiger partial charge in [-0.2, -0.15) is 0 Å². The molecule has 3 rings (SSSR count). The van der Waals surface area contributed by atoms with Crippen LogP contribution in [0.25, 0.3) is 0 Å². The van der Waals surface area contributed by atoms with Gasteiger partial charge in [-0.15, -0.1) is 0 Å². The van der Waals surface area contributed by atoms with E-state index >= 15 is 0 Å². The van der Waals surface area contributed by atoms with Crippen molar-refractivity contribution in [2.75, 3.05) is 5.75 Å². The van der Waals surface area contributed by atoms with Gasteiger partial charge >= 0.3 is 0 Å². The Kier molecular flexibility index (Phi) is 2.36. The Hall–Kier alpha value is -1.82. The zero-order valence-corrected chi connectivity index (χ0v) is 9.72. The lowest BCUT2D eigenvalue weighted by atomic mass is 10.2. The molecule has 86 valence electrons. The number of carbonyl (C=O) groups is 1. The summed E-state index contributed by atoms with van der Waals surface area (Å²) in [6, 6.07) is 9.69. The number of benzene rings is 1. The first kappa shape index (κ1) is 10.3. The Balaban J connectivity index is 1.98. The van der Waals surface area contributed by atoms with E-state index in [1.807, 2.05) is 30.3 Å². The first-order chi connectivity index (χ1) is 8.25. The first-order valence-electron chi connectivity index (χ1n) is 5.17. The molecule has 1 aromatic rings. The largest absolute Gasteiger partial charge is 0.369 e. The zero-order valence-electron chi connectivity index (χ0n) is 8.91. The molecule has 1 saturated heterocycles. The molecule has 1 unspecified atom stereocenters. The van der Waals surface area contributed by atoms with Crippen LogP contribution >= 0.6 is 11.8 Å². The predicted molar refractivity (Wildman–Crippen MR) is 67.5 cm³/mol. The molecule has 1 amide bonds. The van der Waals surface area contributed by atoms with Crippen molar-refractivity contribution < 1.29 is 4.79 Å². The molecule has 1 aromatic carbocycles. The minimum Gasteiger partial charge on any atom is -0.369 e. The SMILES string of the molecule is NC1=NC(c2ccccc2)N=C2SCC(=O)N12. The van der Waals surface area contributed by atoms with E-state index in [4.69, 9.17) is 5.73 Å². The summed E-state index contributed by atoms with van der Waals surface area (Å²) in [5, 5.41) is 0.649. The number of nitrogens with two attached hydrogens (primary N) is 1. The fourth-order valence-electron chi connectivity index (χ4n) is 1.77. The number of hydrogen-bond donors (Lipinski definition) is 1. The second-order valence-electron chi connectivity index (χ2n) is 3.70. The van der Waals surface area contributed by atoms with Crippen molar-refractivity contribution in [3.05, 3.63) is 35.9 Å². The third-order valence-electron chi connectivity index (χ3n) is 2.58. The Labute approximate surface area is 102 Å². The molecular weight excluding hydrogens is 236 g/mol. The van der Waals surface area contributed by atoms with Crippen LogP contribution in [-0.2, 0) is 4.79 Å². The Morgan fingerprint density at radius 1 is 1.29 bits per heavy atom. The van der Waals surface area contributed by atoms with Crippen LogP contribution < -0.4 is 5.73 Å². The van der Waals surface area contributed by atoms with E-state index in [0.29, 0.717) is 10.9 Å². The van der Waals surface area contributed by atoms with Gasteiger partial charge in [-0.25, -0.2) is 14.9 Å². The zero-order chi connectivity index (χ0) is 11.8. The number of amidine groups is 1. The highest BCUT2D eigenvalue weighted by molar-refractivity contribution is 8.15. The number of nitrogens with zero attached hydrogens (tertiary/aromatic N) is 3. The van der Waals surface area contributed by atoms with Crippen molar-refractivity contribution in [2.24, 2.45) is 15.7 Å². The number of amides is 1. The van der Waals surface area contributed by atoms with Gasteiger partial charge in [0.2, 0.25) is 11.9 Å². The topological polar surface area (TPSA) is 71.0 Å². The minimum atomic E-state index is -0.333. The van der Waals surface area contributed by atoms with Gasteiger partial charge in [-0.3, -0.25) is 4.79 Å². The van der Waals surface area contributed by atoms with Gasteiger partial charge in [0.25, 0.3) is 0 Å². The van der Waals surface area contributed by atoms with Crippen molar-refractivity contribution >= 4 is 28.8 Å². The molecular formula is C11H10N4OS. The summed E-state index contributed by atoms with van der Waals surface area (Å²) >= 11 is 1.40. The third-order valence-corrected chi connectivity index (χ3v) is 3.52. The highest BCUT2D eigenvalue weighted by Gasteiger charge is 2.35. The second kappa shape index (κ2) is 3.89. The van der Waals surface area contributed by atoms with Crippen LogP contribution in [0.2, 0.25) is 0 Å². The van der Waals surface area contributed by atoms with Crippen molar-refractivity contribution in [1.82, 2.24) is 4.90 Å². The molecule has 0 aliphatic carbocycles. The molecule has 17 heavy (non-hydrogen) atoms. The fraction of sp³-hybridized carbons (Fsp3) is 0.182. The van der Waals surface area contributed by atoms with E-state index in [9.17, 15) is 4.79 Å². The highest BCUT2D eigenvalue weighted by Crippen LogP contribution is 2.29. The molecule has 1 fully saturated rings. The molecule has 2 N–H and O–H groups in total. The predicted octanol–water partition coefficient (Wildman–Crippen LogP) is 0.945. The molecule has 5 nitrogen and oxygen atoms in total. The van der Waals surface area contributed by atoms with Crippen LogP contribution in [0.1, 0.15) is 11.7 Å². The molecule has 0 aromatic heterocycles. The Morgan fingerprint density at radius 2 is 2.06 bits per heavy atom. The summed E-state index contributed by atoms with van der Waals surface area (Å²) in [5.74, 6) is 0.566. The lowest BCUT2D eigenvalue weighted by Crippen LogP contribution is -2.43. The lowest BCUT2D eigenvalue weighted by molar-refractivity contribution is -0.121. The number of rotatable bonds is 1. The van der Waals surface area contributed by atoms with Crippen LogP contribution in [0, 0.1) is 0 Å². The summed E-state index contributed by atoms with van der Waals surface area (Å²) in [7, 11) is 0. The summed E-state index contributed by atoms with van der Waals surface area (Å²) in [6.45, 7) is 0. The minimum absolute atomic E-state index is 0.0542. The molecule has 2 heterocycles. The van der Waals surface area contributed by atoms with Gasteiger partial charge in [-0.05, 0) is 5.56 Å². The van der Waals surface area contributed by atoms with Crippen LogP contribution in [-0.4, -0.2) is 27.7 Å². The van der Waals surface area contributed by atoms with Gasteiger partial charge in [0.1, 0.15) is 0 Å². The molecule has 0 radical (unpaired) electrons. The van der Waals surface area contributed by atoms with E-state index in [2.05, 4.69) is 9.98 Å². The first-order valence-corrected chi connectivity index (χ1v) is 6.16. The summed E-state index contributed by atoms with van der Waals surface area (Å²) in [6.07, 6.45) is -0.333. The summed E-state index contributed by atoms with van der Waals surface area (Å²) < 4.78 is 0. The van der Waals surface area contributed by atoms with Gasteiger partial charge in [0.05, 0.1) is 5.75 Å². The van der Waals surface area contributed by atoms with E-state index in [1.54, 1.807) is 0 Å². The quantitative estimate of drug-likeness (QED) is 0.801. The number of fused-ring (bicyclic) bond motifs is 1. The molecule has 0 bridgehead atoms. The van der Waals surface area contributed by atoms with Crippen molar-refractivity contribution in [3.63, 3.8) is 0 Å². The monoisotopic (exact) mass is 246 g/mol. The molecule has 0 spiro atoms. The number of carbonyl (C=O) groups excluding carboxylic acids is 1. The second-order valence-corrected chi connectivity index (χ2v) is 4.64. The van der Waals surface area contributed by atoms with Crippen LogP contribution in [0.5, 0.6) is 0 Å². The Bertz CT molecular complexity index is 526. The fourth-order valence-corrected chi connectivity index (χ4v) is 2.65.